The lowest BCUT2D eigenvalue weighted by Crippen LogP contribution is -2.18. The number of nitrogens with one attached hydrogen (secondary N) is 1. The summed E-state index contributed by atoms with van der Waals surface area (Å²) in [5.74, 6) is 3.10. The van der Waals surface area contributed by atoms with Crippen molar-refractivity contribution in [3.8, 4) is 5.75 Å². The largest absolute Gasteiger partial charge is 0.495 e. The molecule has 0 aliphatic carbocycles. The smallest absolute Gasteiger partial charge is 0.142 e. The highest BCUT2D eigenvalue weighted by Crippen LogP contribution is 2.30. The average Bonchev–Trinajstić information content (AvgIpc) is 2.63. The molecule has 0 bridgehead atoms. The normalized spacial score (nSPS) is 10.5. The molecule has 1 heterocycles. The van der Waals surface area contributed by atoms with Crippen molar-refractivity contribution < 1.29 is 4.74 Å². The molecule has 0 spiro atoms. The molecule has 0 amide bonds. The number of hydrogen-bond donors (Lipinski definition) is 1. The van der Waals surface area contributed by atoms with Crippen LogP contribution in [0, 0.1) is 13.8 Å². The van der Waals surface area contributed by atoms with Gasteiger partial charge >= 0.3 is 0 Å². The van der Waals surface area contributed by atoms with Gasteiger partial charge in [0.25, 0.3) is 0 Å². The number of hydrogen-bond acceptors (Lipinski definition) is 5. The summed E-state index contributed by atoms with van der Waals surface area (Å²) in [5.41, 5.74) is 3.14. The number of benzene rings is 2. The van der Waals surface area contributed by atoms with E-state index in [2.05, 4.69) is 46.2 Å². The van der Waals surface area contributed by atoms with Gasteiger partial charge in [-0.15, -0.1) is 0 Å². The van der Waals surface area contributed by atoms with Crippen molar-refractivity contribution in [1.82, 2.24) is 9.97 Å². The Morgan fingerprint density at radius 2 is 1.77 bits per heavy atom. The van der Waals surface area contributed by atoms with E-state index in [1.165, 1.54) is 0 Å². The Morgan fingerprint density at radius 3 is 2.46 bits per heavy atom. The molecule has 5 nitrogen and oxygen atoms in total. The molecule has 1 aromatic heterocycles. The van der Waals surface area contributed by atoms with E-state index in [1.807, 2.05) is 49.4 Å². The lowest BCUT2D eigenvalue weighted by atomic mass is 10.2. The van der Waals surface area contributed by atoms with E-state index in [4.69, 9.17) is 4.74 Å². The van der Waals surface area contributed by atoms with Crippen LogP contribution in [-0.2, 0) is 0 Å². The van der Waals surface area contributed by atoms with Crippen molar-refractivity contribution in [2.24, 2.45) is 0 Å². The monoisotopic (exact) mass is 348 g/mol. The number of nitrogens with zero attached hydrogens (tertiary/aromatic N) is 3. The van der Waals surface area contributed by atoms with Crippen molar-refractivity contribution in [1.29, 1.82) is 0 Å². The van der Waals surface area contributed by atoms with Gasteiger partial charge in [-0.1, -0.05) is 24.3 Å². The minimum Gasteiger partial charge on any atom is -0.495 e. The highest BCUT2D eigenvalue weighted by Gasteiger charge is 2.12. The summed E-state index contributed by atoms with van der Waals surface area (Å²) in [6.45, 7) is 6.88. The van der Waals surface area contributed by atoms with Gasteiger partial charge in [0.05, 0.1) is 12.8 Å². The van der Waals surface area contributed by atoms with Gasteiger partial charge in [-0.25, -0.2) is 9.97 Å². The van der Waals surface area contributed by atoms with Crippen molar-refractivity contribution in [2.45, 2.75) is 20.8 Å². The van der Waals surface area contributed by atoms with Crippen LogP contribution in [0.2, 0.25) is 0 Å². The Labute approximate surface area is 154 Å². The Hall–Kier alpha value is -3.08. The molecule has 1 N–H and O–H groups in total. The van der Waals surface area contributed by atoms with E-state index in [0.29, 0.717) is 5.82 Å². The molecular formula is C21H24N4O. The molecular weight excluding hydrogens is 324 g/mol. The molecule has 5 heteroatoms. The molecule has 0 aliphatic rings. The van der Waals surface area contributed by atoms with Gasteiger partial charge in [-0.3, -0.25) is 0 Å². The Balaban J connectivity index is 1.97. The van der Waals surface area contributed by atoms with Crippen molar-refractivity contribution >= 4 is 23.0 Å². The summed E-state index contributed by atoms with van der Waals surface area (Å²) in [6.07, 6.45) is 0. The number of aryl methyl sites for hydroxylation is 2. The number of anilines is 4. The topological polar surface area (TPSA) is 50.3 Å². The van der Waals surface area contributed by atoms with Gasteiger partial charge in [-0.2, -0.15) is 0 Å². The zero-order chi connectivity index (χ0) is 18.5. The van der Waals surface area contributed by atoms with Gasteiger partial charge in [0.1, 0.15) is 23.2 Å². The lowest BCUT2D eigenvalue weighted by Gasteiger charge is -2.23. The van der Waals surface area contributed by atoms with Crippen molar-refractivity contribution in [3.63, 3.8) is 0 Å². The molecule has 134 valence electrons. The predicted molar refractivity (Wildman–Crippen MR) is 107 cm³/mol. The van der Waals surface area contributed by atoms with Crippen LogP contribution in [0.4, 0.5) is 23.0 Å². The van der Waals surface area contributed by atoms with Gasteiger partial charge < -0.3 is 15.0 Å². The number of para-hydroxylation sites is 1. The second-order valence-corrected chi connectivity index (χ2v) is 6.07. The molecule has 0 unspecified atom stereocenters. The van der Waals surface area contributed by atoms with E-state index in [9.17, 15) is 0 Å². The Morgan fingerprint density at radius 1 is 1.00 bits per heavy atom. The van der Waals surface area contributed by atoms with E-state index in [1.54, 1.807) is 7.11 Å². The fourth-order valence-corrected chi connectivity index (χ4v) is 2.90. The van der Waals surface area contributed by atoms with Gasteiger partial charge in [0.2, 0.25) is 0 Å². The maximum atomic E-state index is 5.45. The van der Waals surface area contributed by atoms with Gasteiger partial charge in [-0.05, 0) is 50.6 Å². The molecule has 0 radical (unpaired) electrons. The first kappa shape index (κ1) is 17.7. The van der Waals surface area contributed by atoms with Crippen LogP contribution < -0.4 is 15.0 Å². The molecule has 2 aromatic carbocycles. The van der Waals surface area contributed by atoms with Crippen LogP contribution in [-0.4, -0.2) is 23.6 Å². The lowest BCUT2D eigenvalue weighted by molar-refractivity contribution is 0.416. The first-order chi connectivity index (χ1) is 12.6. The summed E-state index contributed by atoms with van der Waals surface area (Å²) >= 11 is 0. The van der Waals surface area contributed by atoms with Crippen LogP contribution in [0.1, 0.15) is 18.3 Å². The van der Waals surface area contributed by atoms with E-state index >= 15 is 0 Å². The third-order valence-electron chi connectivity index (χ3n) is 4.10. The number of rotatable bonds is 6. The average molecular weight is 348 g/mol. The van der Waals surface area contributed by atoms with Crippen LogP contribution in [0.5, 0.6) is 5.75 Å². The second-order valence-electron chi connectivity index (χ2n) is 6.07. The van der Waals surface area contributed by atoms with E-state index in [-0.39, 0.29) is 0 Å². The minimum atomic E-state index is 0.714. The summed E-state index contributed by atoms with van der Waals surface area (Å²) in [6, 6.07) is 18.2. The van der Waals surface area contributed by atoms with Crippen molar-refractivity contribution in [2.75, 3.05) is 23.9 Å². The zero-order valence-corrected chi connectivity index (χ0v) is 15.7. The first-order valence-electron chi connectivity index (χ1n) is 8.70. The quantitative estimate of drug-likeness (QED) is 0.679. The maximum Gasteiger partial charge on any atom is 0.142 e. The van der Waals surface area contributed by atoms with Crippen molar-refractivity contribution in [3.05, 3.63) is 66.0 Å². The third kappa shape index (κ3) is 3.94. The maximum absolute atomic E-state index is 5.45. The van der Waals surface area contributed by atoms with E-state index in [0.717, 1.165) is 40.9 Å². The van der Waals surface area contributed by atoms with Crippen LogP contribution >= 0.6 is 0 Å². The molecule has 0 saturated heterocycles. The van der Waals surface area contributed by atoms with E-state index < -0.39 is 0 Å². The molecule has 0 fully saturated rings. The minimum absolute atomic E-state index is 0.714. The predicted octanol–water partition coefficient (Wildman–Crippen LogP) is 5.00. The summed E-state index contributed by atoms with van der Waals surface area (Å²) < 4.78 is 5.45. The number of methoxy groups -OCH3 is 1. The summed E-state index contributed by atoms with van der Waals surface area (Å²) in [7, 11) is 1.67. The molecule has 0 atom stereocenters. The fourth-order valence-electron chi connectivity index (χ4n) is 2.90. The number of ether oxygens (including phenoxy) is 1. The highest BCUT2D eigenvalue weighted by molar-refractivity contribution is 5.68. The van der Waals surface area contributed by atoms with Gasteiger partial charge in [0, 0.05) is 18.3 Å². The Kier molecular flexibility index (Phi) is 5.37. The molecule has 0 aliphatic heterocycles. The van der Waals surface area contributed by atoms with Crippen LogP contribution in [0.25, 0.3) is 0 Å². The summed E-state index contributed by atoms with van der Waals surface area (Å²) in [5, 5.41) is 3.37. The van der Waals surface area contributed by atoms with Gasteiger partial charge in [0.15, 0.2) is 0 Å². The first-order valence-corrected chi connectivity index (χ1v) is 8.70. The number of aromatic nitrogens is 2. The molecule has 3 rings (SSSR count). The zero-order valence-electron chi connectivity index (χ0n) is 15.7. The molecule has 0 saturated carbocycles. The van der Waals surface area contributed by atoms with Crippen LogP contribution in [0.3, 0.4) is 0 Å². The van der Waals surface area contributed by atoms with Crippen LogP contribution in [0.15, 0.2) is 54.6 Å². The SMILES string of the molecule is CCN(c1ccccc1)c1cc(Nc2cc(C)ccc2OC)nc(C)n1. The Bertz CT molecular complexity index is 880. The summed E-state index contributed by atoms with van der Waals surface area (Å²) in [4.78, 5) is 11.3. The third-order valence-corrected chi connectivity index (χ3v) is 4.10. The molecule has 3 aromatic rings. The standard InChI is InChI=1S/C21H24N4O/c1-5-25(17-9-7-6-8-10-17)21-14-20(22-16(3)23-21)24-18-13-15(2)11-12-19(18)26-4/h6-14H,5H2,1-4H3,(H,22,23,24). The fraction of sp³-hybridized carbons (Fsp3) is 0.238. The highest BCUT2D eigenvalue weighted by atomic mass is 16.5. The molecule has 26 heavy (non-hydrogen) atoms. The second kappa shape index (κ2) is 7.87.